The van der Waals surface area contributed by atoms with E-state index >= 15 is 0 Å². The van der Waals surface area contributed by atoms with Crippen LogP contribution in [0.4, 0.5) is 0 Å². The number of phenolic OH excluding ortho intramolecular Hbond substituents is 4. The van der Waals surface area contributed by atoms with Gasteiger partial charge in [-0.05, 0) is 77.0 Å². The molecule has 2 aromatic carbocycles. The minimum Gasteiger partial charge on any atom is -0.507 e. The number of fused-ring (bicyclic) bond motifs is 2. The van der Waals surface area contributed by atoms with Gasteiger partial charge in [-0.2, -0.15) is 0 Å². The maximum atomic E-state index is 12.3. The summed E-state index contributed by atoms with van der Waals surface area (Å²) in [5, 5.41) is 59.1. The number of hydrogen-bond donors (Lipinski definition) is 6. The van der Waals surface area contributed by atoms with E-state index in [1.807, 2.05) is 34.5 Å². The summed E-state index contributed by atoms with van der Waals surface area (Å²) in [4.78, 5) is 56.8. The molecule has 44 heavy (non-hydrogen) atoms. The smallest absolute Gasteiger partial charge is 0.196 e. The van der Waals surface area contributed by atoms with Crippen molar-refractivity contribution in [3.63, 3.8) is 0 Å². The molecule has 0 aliphatic heterocycles. The van der Waals surface area contributed by atoms with Crippen LogP contribution in [0.25, 0.3) is 0 Å². The molecule has 0 unspecified atom stereocenters. The molecule has 0 heterocycles. The first kappa shape index (κ1) is 35.1. The third-order valence-electron chi connectivity index (χ3n) is 6.58. The average molecular weight is 607 g/mol. The van der Waals surface area contributed by atoms with Crippen molar-refractivity contribution in [2.24, 2.45) is 0 Å². The normalized spacial score (nSPS) is 14.7. The summed E-state index contributed by atoms with van der Waals surface area (Å²) < 4.78 is 0. The van der Waals surface area contributed by atoms with Crippen molar-refractivity contribution in [1.82, 2.24) is 0 Å². The summed E-state index contributed by atoms with van der Waals surface area (Å²) in [5.74, 6) is -4.01. The van der Waals surface area contributed by atoms with Gasteiger partial charge in [0.15, 0.2) is 23.1 Å². The Morgan fingerprint density at radius 1 is 0.591 bits per heavy atom. The topological polar surface area (TPSA) is 207 Å². The number of ketones is 4. The molecule has 2 aliphatic carbocycles. The number of benzene rings is 2. The van der Waals surface area contributed by atoms with Gasteiger partial charge in [0, 0.05) is 11.1 Å². The lowest BCUT2D eigenvalue weighted by molar-refractivity contribution is -0.0980. The van der Waals surface area contributed by atoms with Gasteiger partial charge in [-0.25, -0.2) is 0 Å². The highest BCUT2D eigenvalue weighted by Crippen LogP contribution is 2.37. The number of hydrogen-bond acceptors (Lipinski definition) is 11. The van der Waals surface area contributed by atoms with E-state index in [-0.39, 0.29) is 69.2 Å². The van der Waals surface area contributed by atoms with Crippen molar-refractivity contribution in [1.29, 1.82) is 0 Å². The van der Waals surface area contributed by atoms with Gasteiger partial charge in [0.25, 0.3) is 0 Å². The Balaban J connectivity index is 0.000000291. The van der Waals surface area contributed by atoms with Crippen LogP contribution in [-0.2, 0) is 4.79 Å². The van der Waals surface area contributed by atoms with Gasteiger partial charge in [-0.3, -0.25) is 19.2 Å². The predicted octanol–water partition coefficient (Wildman–Crippen LogP) is 4.06. The average Bonchev–Trinajstić information content (AvgIpc) is 2.97. The van der Waals surface area contributed by atoms with E-state index in [0.29, 0.717) is 0 Å². The van der Waals surface area contributed by atoms with Gasteiger partial charge in [0.1, 0.15) is 29.8 Å². The Morgan fingerprint density at radius 2 is 0.864 bits per heavy atom. The molecule has 11 heteroatoms. The first-order valence-corrected chi connectivity index (χ1v) is 13.3. The molecule has 0 radical (unpaired) electrons. The fourth-order valence-electron chi connectivity index (χ4n) is 4.41. The summed E-state index contributed by atoms with van der Waals surface area (Å²) in [6.07, 6.45) is 3.67. The lowest BCUT2D eigenvalue weighted by Crippen LogP contribution is -2.25. The highest BCUT2D eigenvalue weighted by Gasteiger charge is 2.34. The zero-order valence-electron chi connectivity index (χ0n) is 24.6. The van der Waals surface area contributed by atoms with Crippen LogP contribution in [0.2, 0.25) is 0 Å². The third kappa shape index (κ3) is 7.63. The fourth-order valence-corrected chi connectivity index (χ4v) is 4.41. The predicted molar refractivity (Wildman–Crippen MR) is 160 cm³/mol. The summed E-state index contributed by atoms with van der Waals surface area (Å²) >= 11 is 0. The van der Waals surface area contributed by atoms with Crippen LogP contribution in [-0.4, -0.2) is 72.8 Å². The molecule has 0 fully saturated rings. The van der Waals surface area contributed by atoms with Crippen molar-refractivity contribution in [3.05, 3.63) is 93.1 Å². The molecule has 4 rings (SSSR count). The molecule has 0 saturated heterocycles. The van der Waals surface area contributed by atoms with E-state index < -0.39 is 35.3 Å². The molecular weight excluding hydrogens is 572 g/mol. The van der Waals surface area contributed by atoms with Crippen LogP contribution in [0.3, 0.4) is 0 Å². The molecule has 6 N–H and O–H groups in total. The largest absolute Gasteiger partial charge is 0.507 e. The molecule has 0 saturated carbocycles. The highest BCUT2D eigenvalue weighted by molar-refractivity contribution is 6.27. The van der Waals surface area contributed by atoms with Crippen molar-refractivity contribution < 1.29 is 54.6 Å². The first-order chi connectivity index (χ1) is 20.6. The summed E-state index contributed by atoms with van der Waals surface area (Å²) in [5.41, 5.74) is 0.839. The van der Waals surface area contributed by atoms with E-state index in [9.17, 15) is 49.8 Å². The molecule has 0 amide bonds. The lowest BCUT2D eigenvalue weighted by Gasteiger charge is -2.20. The number of carbonyl (C=O) groups is 5. The number of phenols is 4. The second-order valence-corrected chi connectivity index (χ2v) is 10.4. The number of aliphatic hydroxyl groups excluding tert-OH is 2. The molecule has 2 aromatic rings. The van der Waals surface area contributed by atoms with Gasteiger partial charge in [-0.15, -0.1) is 0 Å². The zero-order chi connectivity index (χ0) is 33.5. The summed E-state index contributed by atoms with van der Waals surface area (Å²) in [7, 11) is 0. The highest BCUT2D eigenvalue weighted by atomic mass is 16.3. The van der Waals surface area contributed by atoms with Crippen molar-refractivity contribution >= 4 is 29.9 Å². The first-order valence-electron chi connectivity index (χ1n) is 13.3. The Hall–Kier alpha value is -5.13. The van der Waals surface area contributed by atoms with Gasteiger partial charge in [0.05, 0.1) is 34.5 Å². The number of aliphatic hydroxyl groups is 2. The molecule has 0 spiro atoms. The zero-order valence-corrected chi connectivity index (χ0v) is 24.6. The SMILES string of the molecule is C=O.CC(C)=CC[C@@H](O)C1=CC(=O)c2c(O)ccc(O)c2C1=O.CC(C)=CC[C@@H](O)C1=CC(=O)c2c(O)ccc(O)c2C1=O. The van der Waals surface area contributed by atoms with E-state index in [2.05, 4.69) is 0 Å². The van der Waals surface area contributed by atoms with E-state index in [1.165, 1.54) is 0 Å². The number of allylic oxidation sites excluding steroid dienone is 4. The summed E-state index contributed by atoms with van der Waals surface area (Å²) in [6, 6.07) is 4.59. The molecule has 11 nitrogen and oxygen atoms in total. The second-order valence-electron chi connectivity index (χ2n) is 10.4. The maximum Gasteiger partial charge on any atom is 0.196 e. The van der Waals surface area contributed by atoms with Gasteiger partial charge < -0.3 is 35.4 Å². The van der Waals surface area contributed by atoms with Crippen LogP contribution in [0.15, 0.2) is 70.9 Å². The second kappa shape index (κ2) is 14.9. The number of Topliss-reactive ketones (excluding diaryl/α,β-unsaturated/α-hetero) is 2. The van der Waals surface area contributed by atoms with Crippen LogP contribution in [0, 0.1) is 0 Å². The third-order valence-corrected chi connectivity index (χ3v) is 6.58. The van der Waals surface area contributed by atoms with Gasteiger partial charge >= 0.3 is 0 Å². The molecule has 2 atom stereocenters. The number of carbonyl (C=O) groups excluding carboxylic acids is 5. The van der Waals surface area contributed by atoms with Crippen LogP contribution in [0.1, 0.15) is 82.0 Å². The number of rotatable bonds is 6. The quantitative estimate of drug-likeness (QED) is 0.204. The Labute approximate surface area is 253 Å². The maximum absolute atomic E-state index is 12.3. The lowest BCUT2D eigenvalue weighted by atomic mass is 9.85. The standard InChI is InChI=1S/2C16H16O5.CH2O/c2*1-8(2)3-4-10(17)9-7-13(20)14-11(18)5-6-12(19)15(14)16(9)21;1-2/h2*3,5-7,10,17-19H,4H2,1-2H3;1H2/t2*10-;/m11./s1. The Kier molecular flexibility index (Phi) is 11.8. The molecule has 232 valence electrons. The molecule has 0 aromatic heterocycles. The van der Waals surface area contributed by atoms with Crippen LogP contribution < -0.4 is 0 Å². The molecule has 2 aliphatic rings. The Bertz CT molecular complexity index is 1490. The Morgan fingerprint density at radius 3 is 1.14 bits per heavy atom. The van der Waals surface area contributed by atoms with Crippen molar-refractivity contribution in [3.8, 4) is 23.0 Å². The van der Waals surface area contributed by atoms with Crippen molar-refractivity contribution in [2.75, 3.05) is 0 Å². The van der Waals surface area contributed by atoms with E-state index in [0.717, 1.165) is 47.6 Å². The van der Waals surface area contributed by atoms with Gasteiger partial charge in [0.2, 0.25) is 0 Å². The molecular formula is C33H34O11. The van der Waals surface area contributed by atoms with Crippen molar-refractivity contribution in [2.45, 2.75) is 52.7 Å². The van der Waals surface area contributed by atoms with Gasteiger partial charge in [-0.1, -0.05) is 23.3 Å². The minimum atomic E-state index is -1.13. The van der Waals surface area contributed by atoms with E-state index in [1.54, 1.807) is 12.2 Å². The monoisotopic (exact) mass is 606 g/mol. The van der Waals surface area contributed by atoms with Crippen LogP contribution in [0.5, 0.6) is 23.0 Å². The minimum absolute atomic E-state index is 0.0779. The number of aromatic hydroxyl groups is 4. The van der Waals surface area contributed by atoms with E-state index in [4.69, 9.17) is 4.79 Å². The molecule has 0 bridgehead atoms. The van der Waals surface area contributed by atoms with Crippen LogP contribution >= 0.6 is 0 Å². The fraction of sp³-hybridized carbons (Fsp3) is 0.242. The summed E-state index contributed by atoms with van der Waals surface area (Å²) in [6.45, 7) is 9.42.